The van der Waals surface area contributed by atoms with Crippen molar-refractivity contribution >= 4 is 58.7 Å². The van der Waals surface area contributed by atoms with Crippen LogP contribution in [0.4, 0.5) is 0 Å². The van der Waals surface area contributed by atoms with Gasteiger partial charge in [-0.25, -0.2) is 0 Å². The third-order valence-electron chi connectivity index (χ3n) is 3.35. The Morgan fingerprint density at radius 3 is 2.69 bits per heavy atom. The molecule has 1 aromatic heterocycles. The van der Waals surface area contributed by atoms with Gasteiger partial charge in [0.05, 0.1) is 10.1 Å². The van der Waals surface area contributed by atoms with E-state index in [9.17, 15) is 0 Å². The molecule has 3 rings (SSSR count). The van der Waals surface area contributed by atoms with Gasteiger partial charge >= 0.3 is 0 Å². The topological polar surface area (TPSA) is 4.93 Å². The molecule has 0 atom stereocenters. The first kappa shape index (κ1) is 11.3. The number of hydrogen-bond acceptors (Lipinski definition) is 0. The minimum atomic E-state index is 1.12. The Labute approximate surface area is 120 Å². The molecule has 0 bridgehead atoms. The summed E-state index contributed by atoms with van der Waals surface area (Å²) in [4.78, 5) is 0. The largest absolute Gasteiger partial charge is 0.335 e. The second-order valence-corrected chi connectivity index (χ2v) is 6.61. The Morgan fingerprint density at radius 2 is 1.94 bits per heavy atom. The van der Waals surface area contributed by atoms with Crippen molar-refractivity contribution in [1.29, 1.82) is 0 Å². The van der Waals surface area contributed by atoms with Crippen LogP contribution in [0.2, 0.25) is 0 Å². The first-order valence-electron chi connectivity index (χ1n) is 5.26. The zero-order valence-electron chi connectivity index (χ0n) is 8.78. The van der Waals surface area contributed by atoms with Gasteiger partial charge in [-0.1, -0.05) is 0 Å². The highest BCUT2D eigenvalue weighted by molar-refractivity contribution is 9.13. The van der Waals surface area contributed by atoms with Crippen molar-refractivity contribution in [1.82, 2.24) is 4.57 Å². The van der Waals surface area contributed by atoms with Crippen molar-refractivity contribution in [2.75, 3.05) is 0 Å². The molecule has 0 N–H and O–H groups in total. The summed E-state index contributed by atoms with van der Waals surface area (Å²) in [5.41, 5.74) is 4.25. The molecule has 1 aliphatic heterocycles. The molecule has 2 aromatic rings. The number of benzene rings is 1. The Hall–Kier alpha value is 0.200. The van der Waals surface area contributed by atoms with E-state index in [1.54, 1.807) is 0 Å². The molecule has 2 heterocycles. The van der Waals surface area contributed by atoms with E-state index in [0.29, 0.717) is 0 Å². The van der Waals surface area contributed by atoms with E-state index in [4.69, 9.17) is 0 Å². The molecule has 0 amide bonds. The van der Waals surface area contributed by atoms with Crippen LogP contribution >= 0.6 is 47.8 Å². The second-order valence-electron chi connectivity index (χ2n) is 4.22. The number of aromatic nitrogens is 1. The second kappa shape index (κ2) is 3.85. The summed E-state index contributed by atoms with van der Waals surface area (Å²) in [7, 11) is 0. The number of rotatable bonds is 0. The Bertz CT molecular complexity index is 598. The molecule has 84 valence electrons. The molecule has 0 radical (unpaired) electrons. The summed E-state index contributed by atoms with van der Waals surface area (Å²) in [5, 5.41) is 1.30. The summed E-state index contributed by atoms with van der Waals surface area (Å²) in [6.45, 7) is 3.31. The maximum Gasteiger partial charge on any atom is 0.0857 e. The van der Waals surface area contributed by atoms with Gasteiger partial charge in [-0.2, -0.15) is 0 Å². The lowest BCUT2D eigenvalue weighted by Crippen LogP contribution is -2.09. The minimum absolute atomic E-state index is 1.12. The van der Waals surface area contributed by atoms with Crippen LogP contribution in [-0.4, -0.2) is 4.57 Å². The van der Waals surface area contributed by atoms with Crippen LogP contribution < -0.4 is 0 Å². The number of halogens is 3. The molecule has 0 saturated heterocycles. The molecule has 0 fully saturated rings. The zero-order chi connectivity index (χ0) is 11.4. The van der Waals surface area contributed by atoms with Crippen molar-refractivity contribution < 1.29 is 0 Å². The maximum atomic E-state index is 3.69. The predicted octanol–water partition coefficient (Wildman–Crippen LogP) is 5.18. The van der Waals surface area contributed by atoms with Crippen molar-refractivity contribution in [2.24, 2.45) is 0 Å². The molecule has 0 saturated carbocycles. The summed E-state index contributed by atoms with van der Waals surface area (Å²) in [6.07, 6.45) is 2.41. The first-order chi connectivity index (χ1) is 7.61. The van der Waals surface area contributed by atoms with Gasteiger partial charge in [0.25, 0.3) is 0 Å². The standard InChI is InChI=1S/C12H10Br3N/c1-6-7-3-2-4-16-9(13)5-8(12(7)16)11(15)10(6)14/h5H,2-4H2,1H3. The van der Waals surface area contributed by atoms with Crippen LogP contribution in [0.25, 0.3) is 10.9 Å². The van der Waals surface area contributed by atoms with Gasteiger partial charge in [0, 0.05) is 20.9 Å². The predicted molar refractivity (Wildman–Crippen MR) is 78.1 cm³/mol. The van der Waals surface area contributed by atoms with Crippen LogP contribution in [-0.2, 0) is 13.0 Å². The van der Waals surface area contributed by atoms with E-state index in [2.05, 4.69) is 65.3 Å². The van der Waals surface area contributed by atoms with Gasteiger partial charge < -0.3 is 4.57 Å². The SMILES string of the molecule is Cc1c(Br)c(Br)c2cc(Br)n3c2c1CCC3. The molecule has 1 aliphatic rings. The summed E-state index contributed by atoms with van der Waals surface area (Å²) in [5.74, 6) is 0. The number of nitrogens with zero attached hydrogens (tertiary/aromatic N) is 1. The third-order valence-corrected chi connectivity index (χ3v) is 6.36. The maximum absolute atomic E-state index is 3.69. The van der Waals surface area contributed by atoms with E-state index in [1.165, 1.54) is 48.4 Å². The van der Waals surface area contributed by atoms with E-state index in [1.807, 2.05) is 0 Å². The summed E-state index contributed by atoms with van der Waals surface area (Å²) in [6, 6.07) is 2.21. The molecule has 1 aromatic carbocycles. The van der Waals surface area contributed by atoms with Crippen LogP contribution in [0.15, 0.2) is 19.6 Å². The zero-order valence-corrected chi connectivity index (χ0v) is 13.5. The van der Waals surface area contributed by atoms with Gasteiger partial charge in [-0.05, 0) is 84.7 Å². The fourth-order valence-corrected chi connectivity index (χ4v) is 4.18. The molecule has 4 heteroatoms. The average molecular weight is 408 g/mol. The molecule has 16 heavy (non-hydrogen) atoms. The highest BCUT2D eigenvalue weighted by atomic mass is 79.9. The van der Waals surface area contributed by atoms with E-state index >= 15 is 0 Å². The molecule has 0 aliphatic carbocycles. The lowest BCUT2D eigenvalue weighted by molar-refractivity contribution is 0.624. The van der Waals surface area contributed by atoms with Gasteiger partial charge in [0.2, 0.25) is 0 Å². The van der Waals surface area contributed by atoms with E-state index < -0.39 is 0 Å². The summed E-state index contributed by atoms with van der Waals surface area (Å²) < 4.78 is 5.92. The molecule has 1 nitrogen and oxygen atoms in total. The highest BCUT2D eigenvalue weighted by Crippen LogP contribution is 2.42. The average Bonchev–Trinajstić information content (AvgIpc) is 2.63. The lowest BCUT2D eigenvalue weighted by Gasteiger charge is -2.20. The fraction of sp³-hybridized carbons (Fsp3) is 0.333. The fourth-order valence-electron chi connectivity index (χ4n) is 2.54. The van der Waals surface area contributed by atoms with Crippen LogP contribution in [0, 0.1) is 6.92 Å². The van der Waals surface area contributed by atoms with Crippen LogP contribution in [0.1, 0.15) is 17.5 Å². The summed E-state index contributed by atoms with van der Waals surface area (Å²) >= 11 is 11.0. The van der Waals surface area contributed by atoms with Crippen LogP contribution in [0.5, 0.6) is 0 Å². The third kappa shape index (κ3) is 1.39. The van der Waals surface area contributed by atoms with Crippen molar-refractivity contribution in [3.63, 3.8) is 0 Å². The highest BCUT2D eigenvalue weighted by Gasteiger charge is 2.21. The first-order valence-corrected chi connectivity index (χ1v) is 7.64. The van der Waals surface area contributed by atoms with Crippen molar-refractivity contribution in [3.05, 3.63) is 30.7 Å². The minimum Gasteiger partial charge on any atom is -0.335 e. The molecular weight excluding hydrogens is 398 g/mol. The van der Waals surface area contributed by atoms with E-state index in [-0.39, 0.29) is 0 Å². The quantitative estimate of drug-likeness (QED) is 0.566. The van der Waals surface area contributed by atoms with E-state index in [0.717, 1.165) is 6.54 Å². The smallest absolute Gasteiger partial charge is 0.0857 e. The Balaban J connectivity index is 2.57. The monoisotopic (exact) mass is 405 g/mol. The number of aryl methyl sites for hydroxylation is 2. The normalized spacial score (nSPS) is 14.8. The van der Waals surface area contributed by atoms with Crippen molar-refractivity contribution in [3.8, 4) is 0 Å². The Kier molecular flexibility index (Phi) is 2.72. The molecular formula is C12H10Br3N. The Morgan fingerprint density at radius 1 is 1.19 bits per heavy atom. The van der Waals surface area contributed by atoms with Gasteiger partial charge in [0.15, 0.2) is 0 Å². The lowest BCUT2D eigenvalue weighted by atomic mass is 9.98. The molecule has 0 unspecified atom stereocenters. The van der Waals surface area contributed by atoms with Crippen LogP contribution in [0.3, 0.4) is 0 Å². The van der Waals surface area contributed by atoms with Gasteiger partial charge in [-0.15, -0.1) is 0 Å². The van der Waals surface area contributed by atoms with Gasteiger partial charge in [-0.3, -0.25) is 0 Å². The molecule has 0 spiro atoms. The number of hydrogen-bond donors (Lipinski definition) is 0. The van der Waals surface area contributed by atoms with Crippen molar-refractivity contribution in [2.45, 2.75) is 26.3 Å². The van der Waals surface area contributed by atoms with Gasteiger partial charge in [0.1, 0.15) is 0 Å².